The molecule has 0 aromatic carbocycles. The number of amides is 1. The summed E-state index contributed by atoms with van der Waals surface area (Å²) in [5.41, 5.74) is 0. The highest BCUT2D eigenvalue weighted by atomic mass is 35.5. The minimum Gasteiger partial charge on any atom is -0.355 e. The molecule has 1 saturated carbocycles. The molecular weight excluding hydrogens is 238 g/mol. The third-order valence-electron chi connectivity index (χ3n) is 3.10. The van der Waals surface area contributed by atoms with Gasteiger partial charge in [-0.05, 0) is 25.8 Å². The quantitative estimate of drug-likeness (QED) is 0.794. The van der Waals surface area contributed by atoms with Crippen LogP contribution in [0.5, 0.6) is 0 Å². The topological polar surface area (TPSA) is 41.1 Å². The number of piperidine rings is 1. The van der Waals surface area contributed by atoms with Gasteiger partial charge in [0.1, 0.15) is 0 Å². The van der Waals surface area contributed by atoms with Crippen molar-refractivity contribution in [3.05, 3.63) is 0 Å². The first-order valence-corrected chi connectivity index (χ1v) is 5.46. The van der Waals surface area contributed by atoms with Gasteiger partial charge in [-0.2, -0.15) is 0 Å². The number of alkyl halides is 2. The van der Waals surface area contributed by atoms with Crippen molar-refractivity contribution in [2.24, 2.45) is 11.8 Å². The molecule has 2 rings (SSSR count). The fourth-order valence-corrected chi connectivity index (χ4v) is 1.85. The minimum absolute atomic E-state index is 0. The Hall–Kier alpha value is -0.420. The van der Waals surface area contributed by atoms with Crippen molar-refractivity contribution in [1.29, 1.82) is 0 Å². The van der Waals surface area contributed by atoms with Crippen LogP contribution in [0.1, 0.15) is 19.3 Å². The normalized spacial score (nSPS) is 28.0. The molecule has 0 bridgehead atoms. The average Bonchev–Trinajstić information content (AvgIpc) is 2.98. The standard InChI is InChI=1S/C10H16F2N2O.ClH/c11-10(12)6-13-4-3-8(10)5-14-9(15)7-1-2-7;/h7-8,13H,1-6H2,(H,14,15);1H. The highest BCUT2D eigenvalue weighted by Gasteiger charge is 2.42. The van der Waals surface area contributed by atoms with Crippen LogP contribution in [0.4, 0.5) is 8.78 Å². The fourth-order valence-electron chi connectivity index (χ4n) is 1.85. The molecule has 1 unspecified atom stereocenters. The van der Waals surface area contributed by atoms with Gasteiger partial charge in [0.2, 0.25) is 5.91 Å². The number of hydrogen-bond acceptors (Lipinski definition) is 2. The van der Waals surface area contributed by atoms with E-state index in [0.717, 1.165) is 12.8 Å². The molecule has 1 aliphatic heterocycles. The maximum absolute atomic E-state index is 13.3. The molecule has 0 spiro atoms. The summed E-state index contributed by atoms with van der Waals surface area (Å²) in [5.74, 6) is -3.35. The van der Waals surface area contributed by atoms with Gasteiger partial charge in [-0.25, -0.2) is 8.78 Å². The van der Waals surface area contributed by atoms with E-state index in [0.29, 0.717) is 13.0 Å². The number of carbonyl (C=O) groups is 1. The monoisotopic (exact) mass is 254 g/mol. The van der Waals surface area contributed by atoms with E-state index in [1.165, 1.54) is 0 Å². The van der Waals surface area contributed by atoms with Crippen LogP contribution in [0, 0.1) is 11.8 Å². The van der Waals surface area contributed by atoms with Gasteiger partial charge in [0.05, 0.1) is 6.54 Å². The van der Waals surface area contributed by atoms with E-state index in [-0.39, 0.29) is 37.3 Å². The largest absolute Gasteiger partial charge is 0.355 e. The SMILES string of the molecule is Cl.O=C(NCC1CCNCC1(F)F)C1CC1. The number of carbonyl (C=O) groups excluding carboxylic acids is 1. The Morgan fingerprint density at radius 3 is 2.62 bits per heavy atom. The summed E-state index contributed by atoms with van der Waals surface area (Å²) in [4.78, 5) is 11.3. The van der Waals surface area contributed by atoms with Crippen molar-refractivity contribution >= 4 is 18.3 Å². The lowest BCUT2D eigenvalue weighted by Gasteiger charge is -2.31. The van der Waals surface area contributed by atoms with Gasteiger partial charge in [-0.15, -0.1) is 12.4 Å². The van der Waals surface area contributed by atoms with Crippen LogP contribution in [0.3, 0.4) is 0 Å². The third-order valence-corrected chi connectivity index (χ3v) is 3.10. The Labute approximate surface area is 99.8 Å². The summed E-state index contributed by atoms with van der Waals surface area (Å²) in [6.07, 6.45) is 2.25. The Morgan fingerprint density at radius 1 is 1.38 bits per heavy atom. The molecule has 0 radical (unpaired) electrons. The molecule has 1 atom stereocenters. The highest BCUT2D eigenvalue weighted by Crippen LogP contribution is 2.31. The Kier molecular flexibility index (Phi) is 4.50. The zero-order valence-corrected chi connectivity index (χ0v) is 9.79. The molecule has 0 aromatic heterocycles. The van der Waals surface area contributed by atoms with Crippen LogP contribution in [0.25, 0.3) is 0 Å². The van der Waals surface area contributed by atoms with Crippen LogP contribution in [0.2, 0.25) is 0 Å². The predicted octanol–water partition coefficient (Wildman–Crippen LogP) is 1.18. The van der Waals surface area contributed by atoms with Crippen molar-refractivity contribution in [3.8, 4) is 0 Å². The summed E-state index contributed by atoms with van der Waals surface area (Å²) in [6, 6.07) is 0. The smallest absolute Gasteiger partial charge is 0.264 e. The average molecular weight is 255 g/mol. The van der Waals surface area contributed by atoms with E-state index >= 15 is 0 Å². The summed E-state index contributed by atoms with van der Waals surface area (Å²) in [7, 11) is 0. The molecule has 1 saturated heterocycles. The van der Waals surface area contributed by atoms with Gasteiger partial charge in [0.25, 0.3) is 5.92 Å². The highest BCUT2D eigenvalue weighted by molar-refractivity contribution is 5.85. The van der Waals surface area contributed by atoms with E-state index in [1.807, 2.05) is 0 Å². The lowest BCUT2D eigenvalue weighted by Crippen LogP contribution is -2.50. The lowest BCUT2D eigenvalue weighted by molar-refractivity contribution is -0.123. The van der Waals surface area contributed by atoms with Crippen molar-refractivity contribution < 1.29 is 13.6 Å². The predicted molar refractivity (Wildman–Crippen MR) is 58.9 cm³/mol. The van der Waals surface area contributed by atoms with Crippen molar-refractivity contribution in [2.75, 3.05) is 19.6 Å². The molecule has 16 heavy (non-hydrogen) atoms. The van der Waals surface area contributed by atoms with Crippen LogP contribution in [0.15, 0.2) is 0 Å². The first kappa shape index (κ1) is 13.6. The summed E-state index contributed by atoms with van der Waals surface area (Å²) < 4.78 is 26.6. The van der Waals surface area contributed by atoms with Gasteiger partial charge < -0.3 is 10.6 Å². The molecular formula is C10H17ClF2N2O. The van der Waals surface area contributed by atoms with Crippen molar-refractivity contribution in [2.45, 2.75) is 25.2 Å². The molecule has 94 valence electrons. The van der Waals surface area contributed by atoms with Crippen molar-refractivity contribution in [1.82, 2.24) is 10.6 Å². The van der Waals surface area contributed by atoms with Gasteiger partial charge in [0.15, 0.2) is 0 Å². The molecule has 1 amide bonds. The number of halogens is 3. The molecule has 3 nitrogen and oxygen atoms in total. The van der Waals surface area contributed by atoms with Crippen LogP contribution < -0.4 is 10.6 Å². The Morgan fingerprint density at radius 2 is 2.06 bits per heavy atom. The van der Waals surface area contributed by atoms with E-state index in [9.17, 15) is 13.6 Å². The number of nitrogens with one attached hydrogen (secondary N) is 2. The second-order valence-electron chi connectivity index (χ2n) is 4.44. The third kappa shape index (κ3) is 3.28. The molecule has 2 fully saturated rings. The zero-order valence-electron chi connectivity index (χ0n) is 8.97. The lowest BCUT2D eigenvalue weighted by atomic mass is 9.94. The van der Waals surface area contributed by atoms with Gasteiger partial charge in [0, 0.05) is 18.4 Å². The first-order valence-electron chi connectivity index (χ1n) is 5.46. The molecule has 1 aliphatic carbocycles. The zero-order chi connectivity index (χ0) is 10.9. The molecule has 1 heterocycles. The maximum atomic E-state index is 13.3. The minimum atomic E-state index is -2.69. The van der Waals surface area contributed by atoms with E-state index < -0.39 is 11.8 Å². The summed E-state index contributed by atoms with van der Waals surface area (Å²) in [5, 5.41) is 5.29. The molecule has 2 aliphatic rings. The van der Waals surface area contributed by atoms with Crippen LogP contribution >= 0.6 is 12.4 Å². The van der Waals surface area contributed by atoms with E-state index in [1.54, 1.807) is 0 Å². The Bertz CT molecular complexity index is 259. The first-order chi connectivity index (χ1) is 7.09. The van der Waals surface area contributed by atoms with Crippen molar-refractivity contribution in [3.63, 3.8) is 0 Å². The van der Waals surface area contributed by atoms with Gasteiger partial charge in [-0.1, -0.05) is 0 Å². The Balaban J connectivity index is 0.00000128. The molecule has 0 aromatic rings. The van der Waals surface area contributed by atoms with Gasteiger partial charge in [-0.3, -0.25) is 4.79 Å². The second kappa shape index (κ2) is 5.27. The van der Waals surface area contributed by atoms with Crippen LogP contribution in [-0.4, -0.2) is 31.5 Å². The van der Waals surface area contributed by atoms with Crippen LogP contribution in [-0.2, 0) is 4.79 Å². The fraction of sp³-hybridized carbons (Fsp3) is 0.900. The molecule has 6 heteroatoms. The van der Waals surface area contributed by atoms with E-state index in [2.05, 4.69) is 10.6 Å². The molecule has 2 N–H and O–H groups in total. The second-order valence-corrected chi connectivity index (χ2v) is 4.44. The number of hydrogen-bond donors (Lipinski definition) is 2. The summed E-state index contributed by atoms with van der Waals surface area (Å²) >= 11 is 0. The van der Waals surface area contributed by atoms with Gasteiger partial charge >= 0.3 is 0 Å². The maximum Gasteiger partial charge on any atom is 0.264 e. The number of rotatable bonds is 3. The summed E-state index contributed by atoms with van der Waals surface area (Å²) in [6.45, 7) is 0.459. The van der Waals surface area contributed by atoms with E-state index in [4.69, 9.17) is 0 Å².